The topological polar surface area (TPSA) is 55.8 Å². The molecule has 1 atom stereocenters. The zero-order chi connectivity index (χ0) is 16.4. The molecule has 0 fully saturated rings. The number of hydrogen-bond donors (Lipinski definition) is 0. The van der Waals surface area contributed by atoms with Crippen molar-refractivity contribution in [3.8, 4) is 0 Å². The molecular formula is C17H25NO4. The lowest BCUT2D eigenvalue weighted by Gasteiger charge is -2.24. The molecule has 0 radical (unpaired) electrons. The van der Waals surface area contributed by atoms with E-state index < -0.39 is 0 Å². The summed E-state index contributed by atoms with van der Waals surface area (Å²) in [6.07, 6.45) is 1.19. The molecule has 1 rings (SSSR count). The van der Waals surface area contributed by atoms with Crippen LogP contribution in [0.2, 0.25) is 0 Å². The van der Waals surface area contributed by atoms with E-state index in [0.717, 1.165) is 13.0 Å². The summed E-state index contributed by atoms with van der Waals surface area (Å²) in [5.41, 5.74) is 1.23. The molecule has 0 amide bonds. The van der Waals surface area contributed by atoms with E-state index in [1.165, 1.54) is 19.8 Å². The molecule has 0 saturated carbocycles. The van der Waals surface area contributed by atoms with Gasteiger partial charge in [0.2, 0.25) is 0 Å². The molecule has 5 nitrogen and oxygen atoms in total. The number of esters is 2. The molecule has 0 saturated heterocycles. The zero-order valence-electron chi connectivity index (χ0n) is 13.6. The minimum Gasteiger partial charge on any atom is -0.469 e. The second-order valence-electron chi connectivity index (χ2n) is 5.29. The highest BCUT2D eigenvalue weighted by molar-refractivity contribution is 5.72. The Bertz CT molecular complexity index is 461. The van der Waals surface area contributed by atoms with Crippen molar-refractivity contribution in [2.75, 3.05) is 33.9 Å². The lowest BCUT2D eigenvalue weighted by Crippen LogP contribution is -2.35. The Hall–Kier alpha value is -1.88. The van der Waals surface area contributed by atoms with Gasteiger partial charge in [-0.15, -0.1) is 0 Å². The number of ether oxygens (including phenoxy) is 2. The van der Waals surface area contributed by atoms with Gasteiger partial charge in [0, 0.05) is 19.6 Å². The predicted octanol–water partition coefficient (Wildman–Crippen LogP) is 1.90. The van der Waals surface area contributed by atoms with Gasteiger partial charge in [0.1, 0.15) is 0 Å². The van der Waals surface area contributed by atoms with Crippen molar-refractivity contribution in [2.24, 2.45) is 5.92 Å². The van der Waals surface area contributed by atoms with Gasteiger partial charge in [0.25, 0.3) is 0 Å². The normalized spacial score (nSPS) is 12.0. The fourth-order valence-corrected chi connectivity index (χ4v) is 2.24. The monoisotopic (exact) mass is 307 g/mol. The fourth-order valence-electron chi connectivity index (χ4n) is 2.24. The molecule has 122 valence electrons. The first-order chi connectivity index (χ1) is 10.6. The van der Waals surface area contributed by atoms with Gasteiger partial charge in [0.05, 0.1) is 26.6 Å². The van der Waals surface area contributed by atoms with Crippen LogP contribution < -0.4 is 0 Å². The van der Waals surface area contributed by atoms with Crippen LogP contribution in [0.1, 0.15) is 18.9 Å². The third kappa shape index (κ3) is 6.72. The summed E-state index contributed by atoms with van der Waals surface area (Å²) >= 11 is 0. The van der Waals surface area contributed by atoms with Crippen LogP contribution in [0, 0.1) is 5.92 Å². The first-order valence-corrected chi connectivity index (χ1v) is 7.47. The number of benzene rings is 1. The highest BCUT2D eigenvalue weighted by atomic mass is 16.5. The van der Waals surface area contributed by atoms with Crippen LogP contribution in [-0.4, -0.2) is 50.7 Å². The molecule has 0 aliphatic carbocycles. The highest BCUT2D eigenvalue weighted by Crippen LogP contribution is 2.07. The van der Waals surface area contributed by atoms with Crippen molar-refractivity contribution in [2.45, 2.75) is 19.8 Å². The molecule has 0 unspecified atom stereocenters. The maximum atomic E-state index is 11.6. The Morgan fingerprint density at radius 1 is 1.09 bits per heavy atom. The minimum atomic E-state index is -0.240. The standard InChI is InChI=1S/C17H25NO4/c1-14(17(20)22-3)13-18(12-10-16(19)21-2)11-9-15-7-5-4-6-8-15/h4-8,14H,9-13H2,1-3H3/t14-/m1/s1. The van der Waals surface area contributed by atoms with E-state index >= 15 is 0 Å². The summed E-state index contributed by atoms with van der Waals surface area (Å²) in [5, 5.41) is 0. The molecular weight excluding hydrogens is 282 g/mol. The van der Waals surface area contributed by atoms with Crippen LogP contribution in [0.15, 0.2) is 30.3 Å². The van der Waals surface area contributed by atoms with Crippen molar-refractivity contribution >= 4 is 11.9 Å². The molecule has 1 aromatic carbocycles. The van der Waals surface area contributed by atoms with E-state index in [1.54, 1.807) is 0 Å². The maximum absolute atomic E-state index is 11.6. The predicted molar refractivity (Wildman–Crippen MR) is 84.4 cm³/mol. The van der Waals surface area contributed by atoms with E-state index in [0.29, 0.717) is 19.5 Å². The quantitative estimate of drug-likeness (QED) is 0.652. The lowest BCUT2D eigenvalue weighted by molar-refractivity contribution is -0.145. The van der Waals surface area contributed by atoms with E-state index in [4.69, 9.17) is 4.74 Å². The van der Waals surface area contributed by atoms with Crippen LogP contribution in [0.4, 0.5) is 0 Å². The van der Waals surface area contributed by atoms with E-state index in [2.05, 4.69) is 21.8 Å². The summed E-state index contributed by atoms with van der Waals surface area (Å²) in [6, 6.07) is 10.1. The van der Waals surface area contributed by atoms with Gasteiger partial charge in [0.15, 0.2) is 0 Å². The maximum Gasteiger partial charge on any atom is 0.309 e. The smallest absolute Gasteiger partial charge is 0.309 e. The second-order valence-corrected chi connectivity index (χ2v) is 5.29. The summed E-state index contributed by atoms with van der Waals surface area (Å²) in [7, 11) is 2.77. The molecule has 1 aromatic rings. The van der Waals surface area contributed by atoms with Crippen molar-refractivity contribution < 1.29 is 19.1 Å². The highest BCUT2D eigenvalue weighted by Gasteiger charge is 2.18. The van der Waals surface area contributed by atoms with Crippen LogP contribution in [0.3, 0.4) is 0 Å². The second kappa shape index (κ2) is 9.95. The van der Waals surface area contributed by atoms with E-state index in [9.17, 15) is 9.59 Å². The van der Waals surface area contributed by atoms with Gasteiger partial charge in [-0.25, -0.2) is 0 Å². The molecule has 0 N–H and O–H groups in total. The van der Waals surface area contributed by atoms with Gasteiger partial charge in [-0.2, -0.15) is 0 Å². The van der Waals surface area contributed by atoms with Gasteiger partial charge in [-0.05, 0) is 12.0 Å². The van der Waals surface area contributed by atoms with E-state index in [1.807, 2.05) is 25.1 Å². The number of nitrogens with zero attached hydrogens (tertiary/aromatic N) is 1. The molecule has 5 heteroatoms. The Labute approximate surface area is 132 Å². The van der Waals surface area contributed by atoms with Gasteiger partial charge >= 0.3 is 11.9 Å². The number of methoxy groups -OCH3 is 2. The van der Waals surface area contributed by atoms with Crippen LogP contribution in [0.25, 0.3) is 0 Å². The van der Waals surface area contributed by atoms with Gasteiger partial charge in [-0.3, -0.25) is 9.59 Å². The minimum absolute atomic E-state index is 0.224. The summed E-state index contributed by atoms with van der Waals surface area (Å²) in [4.78, 5) is 25.0. The number of carbonyl (C=O) groups is 2. The summed E-state index contributed by atoms with van der Waals surface area (Å²) in [6.45, 7) is 3.75. The number of carbonyl (C=O) groups excluding carboxylic acids is 2. The first-order valence-electron chi connectivity index (χ1n) is 7.47. The van der Waals surface area contributed by atoms with Gasteiger partial charge in [-0.1, -0.05) is 37.3 Å². The Morgan fingerprint density at radius 3 is 2.36 bits per heavy atom. The lowest BCUT2D eigenvalue weighted by atomic mass is 10.1. The Morgan fingerprint density at radius 2 is 1.77 bits per heavy atom. The Balaban J connectivity index is 2.56. The zero-order valence-corrected chi connectivity index (χ0v) is 13.6. The molecule has 0 aliphatic rings. The van der Waals surface area contributed by atoms with Crippen LogP contribution in [-0.2, 0) is 25.5 Å². The third-order valence-corrected chi connectivity index (χ3v) is 3.55. The largest absolute Gasteiger partial charge is 0.469 e. The Kier molecular flexibility index (Phi) is 8.22. The molecule has 0 spiro atoms. The van der Waals surface area contributed by atoms with Crippen molar-refractivity contribution in [1.29, 1.82) is 0 Å². The van der Waals surface area contributed by atoms with E-state index in [-0.39, 0.29) is 17.9 Å². The van der Waals surface area contributed by atoms with Crippen molar-refractivity contribution in [1.82, 2.24) is 4.90 Å². The number of rotatable bonds is 9. The molecule has 0 bridgehead atoms. The van der Waals surface area contributed by atoms with Crippen LogP contribution >= 0.6 is 0 Å². The van der Waals surface area contributed by atoms with Crippen molar-refractivity contribution in [3.05, 3.63) is 35.9 Å². The molecule has 22 heavy (non-hydrogen) atoms. The molecule has 0 aromatic heterocycles. The third-order valence-electron chi connectivity index (χ3n) is 3.55. The SMILES string of the molecule is COC(=O)CCN(CCc1ccccc1)C[C@@H](C)C(=O)OC. The average Bonchev–Trinajstić information content (AvgIpc) is 2.56. The summed E-state index contributed by atoms with van der Waals surface area (Å²) in [5.74, 6) is -0.698. The summed E-state index contributed by atoms with van der Waals surface area (Å²) < 4.78 is 9.44. The molecule has 0 aliphatic heterocycles. The van der Waals surface area contributed by atoms with Gasteiger partial charge < -0.3 is 14.4 Å². The number of hydrogen-bond acceptors (Lipinski definition) is 5. The average molecular weight is 307 g/mol. The molecule has 0 heterocycles. The fraction of sp³-hybridized carbons (Fsp3) is 0.529. The van der Waals surface area contributed by atoms with Crippen molar-refractivity contribution in [3.63, 3.8) is 0 Å². The van der Waals surface area contributed by atoms with Crippen LogP contribution in [0.5, 0.6) is 0 Å². The first kappa shape index (κ1) is 18.2.